The van der Waals surface area contributed by atoms with Crippen molar-refractivity contribution in [3.8, 4) is 0 Å². The quantitative estimate of drug-likeness (QED) is 0.677. The van der Waals surface area contributed by atoms with E-state index in [9.17, 15) is 4.79 Å². The van der Waals surface area contributed by atoms with Crippen LogP contribution in [-0.2, 0) is 4.79 Å². The molecule has 1 unspecified atom stereocenters. The summed E-state index contributed by atoms with van der Waals surface area (Å²) in [6, 6.07) is 0. The van der Waals surface area contributed by atoms with E-state index < -0.39 is 5.54 Å². The summed E-state index contributed by atoms with van der Waals surface area (Å²) in [5.74, 6) is 1.10. The zero-order valence-corrected chi connectivity index (χ0v) is 11.7. The van der Waals surface area contributed by atoms with Crippen molar-refractivity contribution >= 4 is 5.91 Å². The first kappa shape index (κ1) is 13.8. The Kier molecular flexibility index (Phi) is 4.28. The Hall–Kier alpha value is -0.610. The van der Waals surface area contributed by atoms with Crippen LogP contribution in [0.3, 0.4) is 0 Å². The molecule has 0 bridgehead atoms. The number of carbonyl (C=O) groups excluding carboxylic acids is 1. The number of hydrogen-bond acceptors (Lipinski definition) is 3. The molecule has 1 atom stereocenters. The minimum absolute atomic E-state index is 0.174. The van der Waals surface area contributed by atoms with Gasteiger partial charge in [0.2, 0.25) is 5.91 Å². The van der Waals surface area contributed by atoms with E-state index in [2.05, 4.69) is 17.3 Å². The van der Waals surface area contributed by atoms with Crippen LogP contribution in [0.1, 0.15) is 39.0 Å². The lowest BCUT2D eigenvalue weighted by molar-refractivity contribution is -0.126. The number of nitrogens with two attached hydrogens (primary N) is 1. The van der Waals surface area contributed by atoms with Crippen LogP contribution in [0, 0.1) is 11.8 Å². The van der Waals surface area contributed by atoms with Crippen molar-refractivity contribution in [1.82, 2.24) is 10.2 Å². The molecule has 0 saturated heterocycles. The first-order chi connectivity index (χ1) is 8.58. The van der Waals surface area contributed by atoms with Crippen molar-refractivity contribution in [2.24, 2.45) is 17.6 Å². The summed E-state index contributed by atoms with van der Waals surface area (Å²) in [5, 5.41) is 3.38. The van der Waals surface area contributed by atoms with Crippen LogP contribution in [-0.4, -0.2) is 43.0 Å². The summed E-state index contributed by atoms with van der Waals surface area (Å²) in [7, 11) is 2.12. The number of amides is 1. The highest BCUT2D eigenvalue weighted by Gasteiger charge is 2.49. The Morgan fingerprint density at radius 1 is 1.39 bits per heavy atom. The predicted octanol–water partition coefficient (Wildman–Crippen LogP) is 0.962. The van der Waals surface area contributed by atoms with Gasteiger partial charge in [0.1, 0.15) is 5.54 Å². The van der Waals surface area contributed by atoms with Gasteiger partial charge in [-0.25, -0.2) is 0 Å². The number of carbonyl (C=O) groups is 1. The van der Waals surface area contributed by atoms with Crippen molar-refractivity contribution in [3.63, 3.8) is 0 Å². The Morgan fingerprint density at radius 2 is 2.06 bits per heavy atom. The molecular formula is C14H27N3O. The van der Waals surface area contributed by atoms with Gasteiger partial charge in [-0.1, -0.05) is 13.3 Å². The van der Waals surface area contributed by atoms with Crippen molar-refractivity contribution in [1.29, 1.82) is 0 Å². The number of nitrogens with zero attached hydrogens (tertiary/aromatic N) is 1. The van der Waals surface area contributed by atoms with E-state index in [0.29, 0.717) is 5.92 Å². The molecule has 1 amide bonds. The maximum absolute atomic E-state index is 11.9. The minimum Gasteiger partial charge on any atom is -0.368 e. The van der Waals surface area contributed by atoms with E-state index in [0.717, 1.165) is 38.4 Å². The Labute approximate surface area is 110 Å². The van der Waals surface area contributed by atoms with E-state index in [4.69, 9.17) is 5.73 Å². The fourth-order valence-electron chi connectivity index (χ4n) is 3.19. The standard InChI is InChI=1S/C14H27N3O/c1-3-16-14(13(15)18,12-7-8-12)10-17(2)9-11-5-4-6-11/h11-12,16H,3-10H2,1-2H3,(H2,15,18). The number of nitrogens with one attached hydrogen (secondary N) is 1. The molecule has 2 aliphatic rings. The topological polar surface area (TPSA) is 58.4 Å². The van der Waals surface area contributed by atoms with Crippen molar-refractivity contribution in [3.05, 3.63) is 0 Å². The molecule has 4 nitrogen and oxygen atoms in total. The molecule has 0 radical (unpaired) electrons. The smallest absolute Gasteiger partial charge is 0.239 e. The fourth-order valence-corrected chi connectivity index (χ4v) is 3.19. The number of hydrogen-bond donors (Lipinski definition) is 2. The van der Waals surface area contributed by atoms with Gasteiger partial charge in [-0.15, -0.1) is 0 Å². The van der Waals surface area contributed by atoms with Crippen LogP contribution in [0.4, 0.5) is 0 Å². The summed E-state index contributed by atoms with van der Waals surface area (Å²) < 4.78 is 0. The van der Waals surface area contributed by atoms with E-state index in [1.165, 1.54) is 19.3 Å². The summed E-state index contributed by atoms with van der Waals surface area (Å²) >= 11 is 0. The maximum Gasteiger partial charge on any atom is 0.239 e. The molecule has 2 aliphatic carbocycles. The Balaban J connectivity index is 1.96. The van der Waals surface area contributed by atoms with Gasteiger partial charge in [-0.05, 0) is 51.1 Å². The molecule has 18 heavy (non-hydrogen) atoms. The third-order valence-corrected chi connectivity index (χ3v) is 4.52. The van der Waals surface area contributed by atoms with E-state index in [1.54, 1.807) is 0 Å². The highest BCUT2D eigenvalue weighted by Crippen LogP contribution is 2.40. The van der Waals surface area contributed by atoms with Gasteiger partial charge in [-0.2, -0.15) is 0 Å². The van der Waals surface area contributed by atoms with Gasteiger partial charge < -0.3 is 16.0 Å². The number of rotatable bonds is 8. The Bertz CT molecular complexity index is 299. The second-order valence-corrected chi connectivity index (χ2v) is 6.13. The normalized spacial score (nSPS) is 23.7. The van der Waals surface area contributed by atoms with Gasteiger partial charge in [0.05, 0.1) is 0 Å². The number of likely N-dealkylation sites (N-methyl/N-ethyl adjacent to an activating group) is 2. The first-order valence-electron chi connectivity index (χ1n) is 7.32. The lowest BCUT2D eigenvalue weighted by atomic mass is 9.84. The van der Waals surface area contributed by atoms with Gasteiger partial charge in [0, 0.05) is 13.1 Å². The first-order valence-corrected chi connectivity index (χ1v) is 7.32. The van der Waals surface area contributed by atoms with Crippen LogP contribution < -0.4 is 11.1 Å². The zero-order chi connectivity index (χ0) is 13.2. The van der Waals surface area contributed by atoms with Gasteiger partial charge in [0.25, 0.3) is 0 Å². The maximum atomic E-state index is 11.9. The molecule has 104 valence electrons. The molecule has 0 heterocycles. The van der Waals surface area contributed by atoms with Crippen molar-refractivity contribution < 1.29 is 4.79 Å². The Morgan fingerprint density at radius 3 is 2.44 bits per heavy atom. The highest BCUT2D eigenvalue weighted by molar-refractivity contribution is 5.86. The van der Waals surface area contributed by atoms with Crippen LogP contribution in [0.5, 0.6) is 0 Å². The molecule has 0 aliphatic heterocycles. The molecule has 0 aromatic carbocycles. The van der Waals surface area contributed by atoms with Crippen LogP contribution in [0.25, 0.3) is 0 Å². The van der Waals surface area contributed by atoms with Crippen LogP contribution in [0.15, 0.2) is 0 Å². The fraction of sp³-hybridized carbons (Fsp3) is 0.929. The molecule has 2 rings (SSSR count). The molecule has 2 fully saturated rings. The molecule has 0 aromatic heterocycles. The third kappa shape index (κ3) is 2.86. The average Bonchev–Trinajstić information content (AvgIpc) is 3.06. The predicted molar refractivity (Wildman–Crippen MR) is 73.2 cm³/mol. The van der Waals surface area contributed by atoms with E-state index in [-0.39, 0.29) is 5.91 Å². The largest absolute Gasteiger partial charge is 0.368 e. The van der Waals surface area contributed by atoms with Crippen molar-refractivity contribution in [2.75, 3.05) is 26.7 Å². The van der Waals surface area contributed by atoms with E-state index in [1.807, 2.05) is 6.92 Å². The molecule has 3 N–H and O–H groups in total. The molecule has 4 heteroatoms. The van der Waals surface area contributed by atoms with E-state index >= 15 is 0 Å². The molecule has 0 spiro atoms. The van der Waals surface area contributed by atoms with Gasteiger partial charge in [-0.3, -0.25) is 4.79 Å². The van der Waals surface area contributed by atoms with Gasteiger partial charge >= 0.3 is 0 Å². The molecule has 2 saturated carbocycles. The SMILES string of the molecule is CCNC(CN(C)CC1CCC1)(C(N)=O)C1CC1. The minimum atomic E-state index is -0.493. The van der Waals surface area contributed by atoms with Crippen molar-refractivity contribution in [2.45, 2.75) is 44.6 Å². The monoisotopic (exact) mass is 253 g/mol. The third-order valence-electron chi connectivity index (χ3n) is 4.52. The number of primary amides is 1. The van der Waals surface area contributed by atoms with Crippen LogP contribution >= 0.6 is 0 Å². The molecule has 0 aromatic rings. The second-order valence-electron chi connectivity index (χ2n) is 6.13. The zero-order valence-electron chi connectivity index (χ0n) is 11.7. The summed E-state index contributed by atoms with van der Waals surface area (Å²) in [6.45, 7) is 4.72. The lowest BCUT2D eigenvalue weighted by Gasteiger charge is -2.38. The molecular weight excluding hydrogens is 226 g/mol. The summed E-state index contributed by atoms with van der Waals surface area (Å²) in [5.41, 5.74) is 5.20. The summed E-state index contributed by atoms with van der Waals surface area (Å²) in [6.07, 6.45) is 6.33. The van der Waals surface area contributed by atoms with Crippen LogP contribution in [0.2, 0.25) is 0 Å². The summed E-state index contributed by atoms with van der Waals surface area (Å²) in [4.78, 5) is 14.2. The highest BCUT2D eigenvalue weighted by atomic mass is 16.1. The average molecular weight is 253 g/mol. The lowest BCUT2D eigenvalue weighted by Crippen LogP contribution is -2.63. The van der Waals surface area contributed by atoms with Gasteiger partial charge in [0.15, 0.2) is 0 Å². The second kappa shape index (κ2) is 5.57.